The first kappa shape index (κ1) is 19.6. The average Bonchev–Trinajstić information content (AvgIpc) is 3.56. The maximum atomic E-state index is 14.6. The Morgan fingerprint density at radius 1 is 0.964 bits per heavy atom. The lowest BCUT2D eigenvalue weighted by Crippen LogP contribution is -2.12. The molecular formula is C25H30F2O. The lowest BCUT2D eigenvalue weighted by molar-refractivity contribution is 0.319. The van der Waals surface area contributed by atoms with Gasteiger partial charge in [0.1, 0.15) is 6.10 Å². The molecule has 2 aromatic carbocycles. The van der Waals surface area contributed by atoms with E-state index >= 15 is 0 Å². The maximum absolute atomic E-state index is 14.6. The Morgan fingerprint density at radius 2 is 1.64 bits per heavy atom. The lowest BCUT2D eigenvalue weighted by Gasteiger charge is -2.28. The normalized spacial score (nSPS) is 24.4. The zero-order valence-electron chi connectivity index (χ0n) is 16.9. The van der Waals surface area contributed by atoms with Gasteiger partial charge in [0.05, 0.1) is 6.61 Å². The van der Waals surface area contributed by atoms with E-state index in [1.54, 1.807) is 6.07 Å². The highest BCUT2D eigenvalue weighted by Crippen LogP contribution is 2.37. The number of ether oxygens (including phenoxy) is 1. The summed E-state index contributed by atoms with van der Waals surface area (Å²) < 4.78 is 34.0. The van der Waals surface area contributed by atoms with Crippen molar-refractivity contribution in [3.63, 3.8) is 0 Å². The molecule has 0 N–H and O–H groups in total. The van der Waals surface area contributed by atoms with Crippen LogP contribution in [0.4, 0.5) is 8.78 Å². The minimum atomic E-state index is -0.735. The summed E-state index contributed by atoms with van der Waals surface area (Å²) in [7, 11) is 0. The number of hydrogen-bond acceptors (Lipinski definition) is 1. The number of epoxide rings is 1. The van der Waals surface area contributed by atoms with Crippen LogP contribution in [-0.4, -0.2) is 6.61 Å². The predicted octanol–water partition coefficient (Wildman–Crippen LogP) is 6.81. The van der Waals surface area contributed by atoms with Crippen molar-refractivity contribution < 1.29 is 13.5 Å². The van der Waals surface area contributed by atoms with Crippen LogP contribution in [0.1, 0.15) is 78.9 Å². The second kappa shape index (κ2) is 8.32. The molecule has 4 rings (SSSR count). The highest BCUT2D eigenvalue weighted by atomic mass is 19.2. The van der Waals surface area contributed by atoms with Crippen LogP contribution < -0.4 is 0 Å². The van der Waals surface area contributed by atoms with Gasteiger partial charge in [-0.1, -0.05) is 37.6 Å². The molecule has 0 spiro atoms. The predicted molar refractivity (Wildman–Crippen MR) is 109 cm³/mol. The SMILES string of the molecule is CCC1CCC(c2ccc(CCc3c(C)cc(C4CO4)c(F)c3F)cc2)CC1. The first-order valence-electron chi connectivity index (χ1n) is 10.7. The number of halogens is 2. The Hall–Kier alpha value is -1.74. The monoisotopic (exact) mass is 384 g/mol. The van der Waals surface area contributed by atoms with Crippen molar-refractivity contribution in [3.05, 3.63) is 69.8 Å². The Labute approximate surface area is 167 Å². The summed E-state index contributed by atoms with van der Waals surface area (Å²) in [5.74, 6) is 0.158. The van der Waals surface area contributed by atoms with E-state index in [0.29, 0.717) is 30.1 Å². The molecule has 3 heteroatoms. The molecule has 0 aromatic heterocycles. The zero-order valence-corrected chi connectivity index (χ0v) is 16.9. The molecule has 1 unspecified atom stereocenters. The van der Waals surface area contributed by atoms with E-state index in [4.69, 9.17) is 4.74 Å². The minimum absolute atomic E-state index is 0.262. The maximum Gasteiger partial charge on any atom is 0.165 e. The van der Waals surface area contributed by atoms with Crippen molar-refractivity contribution >= 4 is 0 Å². The Kier molecular flexibility index (Phi) is 5.82. The lowest BCUT2D eigenvalue weighted by atomic mass is 9.78. The Balaban J connectivity index is 1.40. The van der Waals surface area contributed by atoms with Crippen molar-refractivity contribution in [2.75, 3.05) is 6.61 Å². The first-order chi connectivity index (χ1) is 13.6. The molecule has 1 saturated carbocycles. The molecule has 1 aliphatic heterocycles. The van der Waals surface area contributed by atoms with Crippen LogP contribution in [0, 0.1) is 24.5 Å². The quantitative estimate of drug-likeness (QED) is 0.498. The van der Waals surface area contributed by atoms with Gasteiger partial charge in [0.2, 0.25) is 0 Å². The smallest absolute Gasteiger partial charge is 0.165 e. The Bertz CT molecular complexity index is 815. The molecule has 1 heterocycles. The second-order valence-corrected chi connectivity index (χ2v) is 8.58. The van der Waals surface area contributed by atoms with E-state index in [9.17, 15) is 8.78 Å². The largest absolute Gasteiger partial charge is 0.368 e. The van der Waals surface area contributed by atoms with Crippen LogP contribution in [0.3, 0.4) is 0 Å². The molecule has 2 fully saturated rings. The van der Waals surface area contributed by atoms with Gasteiger partial charge >= 0.3 is 0 Å². The summed E-state index contributed by atoms with van der Waals surface area (Å²) >= 11 is 0. The molecule has 0 amide bonds. The molecule has 1 saturated heterocycles. The van der Waals surface area contributed by atoms with E-state index in [2.05, 4.69) is 31.2 Å². The van der Waals surface area contributed by atoms with Gasteiger partial charge in [0.15, 0.2) is 11.6 Å². The van der Waals surface area contributed by atoms with Gasteiger partial charge in [-0.25, -0.2) is 8.78 Å². The summed E-state index contributed by atoms with van der Waals surface area (Å²) in [5, 5.41) is 0. The van der Waals surface area contributed by atoms with Gasteiger partial charge < -0.3 is 4.74 Å². The van der Waals surface area contributed by atoms with Crippen LogP contribution in [0.15, 0.2) is 30.3 Å². The fourth-order valence-corrected chi connectivity index (χ4v) is 4.71. The molecular weight excluding hydrogens is 354 g/mol. The van der Waals surface area contributed by atoms with Crippen LogP contribution in [0.2, 0.25) is 0 Å². The molecule has 2 aliphatic rings. The average molecular weight is 385 g/mol. The van der Waals surface area contributed by atoms with E-state index in [1.807, 2.05) is 6.92 Å². The molecule has 150 valence electrons. The molecule has 1 atom stereocenters. The van der Waals surface area contributed by atoms with Gasteiger partial charge in [-0.2, -0.15) is 0 Å². The number of benzene rings is 2. The van der Waals surface area contributed by atoms with Crippen molar-refractivity contribution in [2.24, 2.45) is 5.92 Å². The number of rotatable bonds is 6. The van der Waals surface area contributed by atoms with Gasteiger partial charge in [-0.15, -0.1) is 0 Å². The summed E-state index contributed by atoms with van der Waals surface area (Å²) in [6.07, 6.45) is 7.54. The standard InChI is InChI=1S/C25H30F2O/c1-3-17-4-9-19(10-5-17)20-11-6-18(7-12-20)8-13-21-16(2)14-22(23-15-28-23)25(27)24(21)26/h6-7,11-12,14,17,19,23H,3-5,8-10,13,15H2,1-2H3. The van der Waals surface area contributed by atoms with Crippen molar-refractivity contribution in [2.45, 2.75) is 70.8 Å². The summed E-state index contributed by atoms with van der Waals surface area (Å²) in [6.45, 7) is 4.64. The van der Waals surface area contributed by atoms with Gasteiger partial charge in [-0.05, 0) is 85.6 Å². The minimum Gasteiger partial charge on any atom is -0.368 e. The highest BCUT2D eigenvalue weighted by Gasteiger charge is 2.31. The summed E-state index contributed by atoms with van der Waals surface area (Å²) in [5.41, 5.74) is 4.28. The van der Waals surface area contributed by atoms with E-state index in [1.165, 1.54) is 43.2 Å². The van der Waals surface area contributed by atoms with Gasteiger partial charge in [0, 0.05) is 5.56 Å². The van der Waals surface area contributed by atoms with E-state index in [-0.39, 0.29) is 6.10 Å². The van der Waals surface area contributed by atoms with Crippen molar-refractivity contribution in [1.29, 1.82) is 0 Å². The van der Waals surface area contributed by atoms with E-state index in [0.717, 1.165) is 17.9 Å². The highest BCUT2D eigenvalue weighted by molar-refractivity contribution is 5.37. The summed E-state index contributed by atoms with van der Waals surface area (Å²) in [4.78, 5) is 0. The Morgan fingerprint density at radius 3 is 2.25 bits per heavy atom. The fraction of sp³-hybridized carbons (Fsp3) is 0.520. The molecule has 0 bridgehead atoms. The zero-order chi connectivity index (χ0) is 19.7. The topological polar surface area (TPSA) is 12.5 Å². The van der Waals surface area contributed by atoms with Gasteiger partial charge in [0.25, 0.3) is 0 Å². The van der Waals surface area contributed by atoms with Gasteiger partial charge in [-0.3, -0.25) is 0 Å². The third-order valence-electron chi connectivity index (χ3n) is 6.78. The molecule has 28 heavy (non-hydrogen) atoms. The fourth-order valence-electron chi connectivity index (χ4n) is 4.71. The molecule has 0 radical (unpaired) electrons. The van der Waals surface area contributed by atoms with Crippen LogP contribution in [0.5, 0.6) is 0 Å². The number of aryl methyl sites for hydroxylation is 2. The van der Waals surface area contributed by atoms with Crippen LogP contribution in [0.25, 0.3) is 0 Å². The molecule has 1 aliphatic carbocycles. The molecule has 2 aromatic rings. The third kappa shape index (κ3) is 4.15. The molecule has 1 nitrogen and oxygen atoms in total. The van der Waals surface area contributed by atoms with Crippen LogP contribution in [-0.2, 0) is 17.6 Å². The van der Waals surface area contributed by atoms with E-state index < -0.39 is 11.6 Å². The second-order valence-electron chi connectivity index (χ2n) is 8.58. The third-order valence-corrected chi connectivity index (χ3v) is 6.78. The van der Waals surface area contributed by atoms with Crippen LogP contribution >= 0.6 is 0 Å². The first-order valence-corrected chi connectivity index (χ1v) is 10.7. The van der Waals surface area contributed by atoms with Crippen molar-refractivity contribution in [3.8, 4) is 0 Å². The number of hydrogen-bond donors (Lipinski definition) is 0. The van der Waals surface area contributed by atoms with Crippen molar-refractivity contribution in [1.82, 2.24) is 0 Å². The summed E-state index contributed by atoms with van der Waals surface area (Å²) in [6, 6.07) is 10.6.